The number of hydrogen-bond acceptors (Lipinski definition) is 4. The van der Waals surface area contributed by atoms with Crippen LogP contribution >= 0.6 is 0 Å². The van der Waals surface area contributed by atoms with Crippen molar-refractivity contribution < 1.29 is 15.0 Å². The summed E-state index contributed by atoms with van der Waals surface area (Å²) in [6, 6.07) is 12.8. The lowest BCUT2D eigenvalue weighted by atomic mass is 9.99. The molecule has 0 spiro atoms. The molecular formula is C20H26N2O3. The molecule has 2 aromatic rings. The zero-order valence-corrected chi connectivity index (χ0v) is 14.9. The van der Waals surface area contributed by atoms with E-state index in [4.69, 9.17) is 0 Å². The van der Waals surface area contributed by atoms with E-state index in [0.29, 0.717) is 11.7 Å². The minimum absolute atomic E-state index is 0.0693. The minimum Gasteiger partial charge on any atom is -0.508 e. The zero-order chi connectivity index (χ0) is 18.4. The zero-order valence-electron chi connectivity index (χ0n) is 14.9. The molecule has 5 nitrogen and oxygen atoms in total. The summed E-state index contributed by atoms with van der Waals surface area (Å²) in [6.07, 6.45) is 0.875. The van der Waals surface area contributed by atoms with Crippen LogP contribution in [0.4, 0.5) is 5.69 Å². The summed E-state index contributed by atoms with van der Waals surface area (Å²) in [5, 5.41) is 25.3. The number of rotatable bonds is 7. The average molecular weight is 342 g/mol. The Morgan fingerprint density at radius 2 is 1.76 bits per heavy atom. The third kappa shape index (κ3) is 5.80. The fourth-order valence-corrected chi connectivity index (χ4v) is 2.70. The molecule has 0 heterocycles. The van der Waals surface area contributed by atoms with Gasteiger partial charge >= 0.3 is 0 Å². The van der Waals surface area contributed by atoms with Crippen LogP contribution in [-0.4, -0.2) is 28.7 Å². The maximum absolute atomic E-state index is 11.2. The van der Waals surface area contributed by atoms with Crippen molar-refractivity contribution in [1.29, 1.82) is 0 Å². The lowest BCUT2D eigenvalue weighted by Gasteiger charge is -2.19. The molecule has 0 aliphatic heterocycles. The number of amides is 1. The molecule has 2 aromatic carbocycles. The van der Waals surface area contributed by atoms with Gasteiger partial charge in [0.15, 0.2) is 0 Å². The molecule has 0 aliphatic rings. The van der Waals surface area contributed by atoms with E-state index in [-0.39, 0.29) is 23.3 Å². The highest BCUT2D eigenvalue weighted by Crippen LogP contribution is 2.27. The Hall–Kier alpha value is -2.53. The number of aromatic hydroxyl groups is 2. The first-order chi connectivity index (χ1) is 11.8. The highest BCUT2D eigenvalue weighted by atomic mass is 16.3. The quantitative estimate of drug-likeness (QED) is 0.582. The number of phenolic OH excluding ortho intramolecular Hbond substituents is 2. The summed E-state index contributed by atoms with van der Waals surface area (Å²) in [7, 11) is 0. The summed E-state index contributed by atoms with van der Waals surface area (Å²) in [5.74, 6) is 0.372. The van der Waals surface area contributed by atoms with Gasteiger partial charge in [-0.15, -0.1) is 0 Å². The molecule has 0 saturated heterocycles. The number of carbonyl (C=O) groups excluding carboxylic acids is 1. The normalized spacial score (nSPS) is 13.2. The predicted octanol–water partition coefficient (Wildman–Crippen LogP) is 3.38. The van der Waals surface area contributed by atoms with Crippen molar-refractivity contribution in [2.45, 2.75) is 39.2 Å². The van der Waals surface area contributed by atoms with Crippen LogP contribution in [0.1, 0.15) is 37.8 Å². The molecule has 5 heteroatoms. The Morgan fingerprint density at radius 1 is 1.08 bits per heavy atom. The second kappa shape index (κ2) is 8.53. The lowest BCUT2D eigenvalue weighted by molar-refractivity contribution is -0.114. The van der Waals surface area contributed by atoms with Gasteiger partial charge in [0.1, 0.15) is 11.5 Å². The topological polar surface area (TPSA) is 81.6 Å². The number of hydrogen-bond donors (Lipinski definition) is 4. The molecule has 0 unspecified atom stereocenters. The van der Waals surface area contributed by atoms with Crippen molar-refractivity contribution >= 4 is 11.6 Å². The Morgan fingerprint density at radius 3 is 2.40 bits per heavy atom. The largest absolute Gasteiger partial charge is 0.508 e. The van der Waals surface area contributed by atoms with E-state index in [1.54, 1.807) is 18.2 Å². The maximum atomic E-state index is 11.2. The van der Waals surface area contributed by atoms with Crippen LogP contribution in [0, 0.1) is 0 Å². The van der Waals surface area contributed by atoms with Crippen LogP contribution in [0.25, 0.3) is 0 Å². The molecule has 25 heavy (non-hydrogen) atoms. The van der Waals surface area contributed by atoms with Crippen molar-refractivity contribution in [2.24, 2.45) is 0 Å². The van der Waals surface area contributed by atoms with Gasteiger partial charge in [0.2, 0.25) is 5.91 Å². The fourth-order valence-electron chi connectivity index (χ4n) is 2.70. The smallest absolute Gasteiger partial charge is 0.221 e. The standard InChI is InChI=1S/C20H26N2O3/c1-13(17-6-9-20(25)19(11-17)22-15(3)23)12-21-14(2)10-16-4-7-18(24)8-5-16/h4-9,11,13-14,21,24-25H,10,12H2,1-3H3,(H,22,23)/t13-,14-/m1/s1. The predicted molar refractivity (Wildman–Crippen MR) is 100 cm³/mol. The van der Waals surface area contributed by atoms with Crippen LogP contribution in [0.5, 0.6) is 11.5 Å². The summed E-state index contributed by atoms with van der Waals surface area (Å²) in [5.41, 5.74) is 2.66. The SMILES string of the molecule is CC(=O)Nc1cc([C@H](C)CN[C@H](C)Cc2ccc(O)cc2)ccc1O. The summed E-state index contributed by atoms with van der Waals surface area (Å²) in [6.45, 7) is 6.43. The van der Waals surface area contributed by atoms with E-state index in [0.717, 1.165) is 18.5 Å². The van der Waals surface area contributed by atoms with Gasteiger partial charge in [-0.2, -0.15) is 0 Å². The van der Waals surface area contributed by atoms with Crippen LogP contribution in [0.15, 0.2) is 42.5 Å². The molecule has 0 aliphatic carbocycles. The van der Waals surface area contributed by atoms with Gasteiger partial charge in [-0.1, -0.05) is 25.1 Å². The van der Waals surface area contributed by atoms with E-state index in [9.17, 15) is 15.0 Å². The van der Waals surface area contributed by atoms with Gasteiger partial charge in [-0.25, -0.2) is 0 Å². The van der Waals surface area contributed by atoms with Crippen molar-refractivity contribution in [1.82, 2.24) is 5.32 Å². The molecule has 134 valence electrons. The first-order valence-corrected chi connectivity index (χ1v) is 8.47. The molecule has 2 rings (SSSR count). The number of carbonyl (C=O) groups is 1. The van der Waals surface area contributed by atoms with Gasteiger partial charge in [-0.05, 0) is 54.7 Å². The Kier molecular flexibility index (Phi) is 6.42. The van der Waals surface area contributed by atoms with Crippen LogP contribution < -0.4 is 10.6 Å². The first-order valence-electron chi connectivity index (χ1n) is 8.47. The van der Waals surface area contributed by atoms with E-state index in [2.05, 4.69) is 24.5 Å². The van der Waals surface area contributed by atoms with Crippen LogP contribution in [-0.2, 0) is 11.2 Å². The summed E-state index contributed by atoms with van der Waals surface area (Å²) >= 11 is 0. The van der Waals surface area contributed by atoms with Crippen LogP contribution in [0.2, 0.25) is 0 Å². The molecule has 0 fully saturated rings. The molecule has 0 aromatic heterocycles. The first kappa shape index (κ1) is 18.8. The van der Waals surface area contributed by atoms with E-state index in [1.165, 1.54) is 12.5 Å². The number of nitrogens with one attached hydrogen (secondary N) is 2. The van der Waals surface area contributed by atoms with Crippen molar-refractivity contribution in [3.63, 3.8) is 0 Å². The lowest BCUT2D eigenvalue weighted by Crippen LogP contribution is -2.31. The number of benzene rings is 2. The monoisotopic (exact) mass is 342 g/mol. The fraction of sp³-hybridized carbons (Fsp3) is 0.350. The second-order valence-corrected chi connectivity index (χ2v) is 6.54. The summed E-state index contributed by atoms with van der Waals surface area (Å²) in [4.78, 5) is 11.2. The number of phenols is 2. The Bertz CT molecular complexity index is 713. The van der Waals surface area contributed by atoms with Gasteiger partial charge in [0.25, 0.3) is 0 Å². The number of anilines is 1. The molecule has 0 saturated carbocycles. The Labute approximate surface area is 148 Å². The third-order valence-corrected chi connectivity index (χ3v) is 4.15. The van der Waals surface area contributed by atoms with E-state index < -0.39 is 0 Å². The second-order valence-electron chi connectivity index (χ2n) is 6.54. The van der Waals surface area contributed by atoms with Gasteiger partial charge < -0.3 is 20.8 Å². The maximum Gasteiger partial charge on any atom is 0.221 e. The van der Waals surface area contributed by atoms with E-state index in [1.807, 2.05) is 24.3 Å². The molecular weight excluding hydrogens is 316 g/mol. The Balaban J connectivity index is 1.91. The van der Waals surface area contributed by atoms with Crippen LogP contribution in [0.3, 0.4) is 0 Å². The summed E-state index contributed by atoms with van der Waals surface area (Å²) < 4.78 is 0. The molecule has 4 N–H and O–H groups in total. The van der Waals surface area contributed by atoms with Gasteiger partial charge in [0, 0.05) is 19.5 Å². The molecule has 1 amide bonds. The molecule has 0 radical (unpaired) electrons. The van der Waals surface area contributed by atoms with E-state index >= 15 is 0 Å². The van der Waals surface area contributed by atoms with Crippen molar-refractivity contribution in [3.05, 3.63) is 53.6 Å². The van der Waals surface area contributed by atoms with Crippen molar-refractivity contribution in [3.8, 4) is 11.5 Å². The highest BCUT2D eigenvalue weighted by molar-refractivity contribution is 5.90. The van der Waals surface area contributed by atoms with Gasteiger partial charge in [0.05, 0.1) is 5.69 Å². The van der Waals surface area contributed by atoms with Crippen molar-refractivity contribution in [2.75, 3.05) is 11.9 Å². The highest BCUT2D eigenvalue weighted by Gasteiger charge is 2.11. The molecule has 0 bridgehead atoms. The minimum atomic E-state index is -0.208. The third-order valence-electron chi connectivity index (χ3n) is 4.15. The average Bonchev–Trinajstić information content (AvgIpc) is 2.56. The van der Waals surface area contributed by atoms with Gasteiger partial charge in [-0.3, -0.25) is 4.79 Å². The molecule has 2 atom stereocenters.